The third kappa shape index (κ3) is 16.6. The van der Waals surface area contributed by atoms with Crippen molar-refractivity contribution in [2.75, 3.05) is 53.0 Å². The lowest BCUT2D eigenvalue weighted by Crippen LogP contribution is -2.39. The SMILES string of the molecule is CCN(CC)CCCCNC(=NC)NCCOCCC(C)C.I. The lowest BCUT2D eigenvalue weighted by atomic mass is 10.1. The molecule has 140 valence electrons. The smallest absolute Gasteiger partial charge is 0.191 e. The molecule has 0 aliphatic heterocycles. The topological polar surface area (TPSA) is 48.9 Å². The zero-order valence-electron chi connectivity index (χ0n) is 15.9. The van der Waals surface area contributed by atoms with Crippen molar-refractivity contribution in [2.24, 2.45) is 10.9 Å². The van der Waals surface area contributed by atoms with Crippen molar-refractivity contribution in [3.63, 3.8) is 0 Å². The molecule has 0 aromatic heterocycles. The van der Waals surface area contributed by atoms with Crippen LogP contribution in [0.4, 0.5) is 0 Å². The van der Waals surface area contributed by atoms with Gasteiger partial charge in [-0.15, -0.1) is 24.0 Å². The molecule has 0 aliphatic rings. The highest BCUT2D eigenvalue weighted by molar-refractivity contribution is 14.0. The first-order chi connectivity index (χ1) is 10.6. The molecule has 0 aliphatic carbocycles. The summed E-state index contributed by atoms with van der Waals surface area (Å²) in [7, 11) is 1.81. The van der Waals surface area contributed by atoms with Crippen LogP contribution in [0, 0.1) is 5.92 Å². The van der Waals surface area contributed by atoms with Gasteiger partial charge in [-0.1, -0.05) is 27.7 Å². The number of aliphatic imine (C=N–C) groups is 1. The third-order valence-electron chi connectivity index (χ3n) is 3.69. The van der Waals surface area contributed by atoms with Gasteiger partial charge in [0.2, 0.25) is 0 Å². The van der Waals surface area contributed by atoms with E-state index in [2.05, 4.69) is 48.2 Å². The second-order valence-corrected chi connectivity index (χ2v) is 5.95. The van der Waals surface area contributed by atoms with E-state index in [4.69, 9.17) is 4.74 Å². The van der Waals surface area contributed by atoms with Gasteiger partial charge >= 0.3 is 0 Å². The Morgan fingerprint density at radius 1 is 1.04 bits per heavy atom. The lowest BCUT2D eigenvalue weighted by Gasteiger charge is -2.18. The molecule has 5 nitrogen and oxygen atoms in total. The van der Waals surface area contributed by atoms with Crippen LogP contribution < -0.4 is 10.6 Å². The molecule has 23 heavy (non-hydrogen) atoms. The maximum Gasteiger partial charge on any atom is 0.191 e. The molecule has 0 aromatic rings. The molecular weight excluding hydrogens is 403 g/mol. The Bertz CT molecular complexity index is 271. The average Bonchev–Trinajstić information content (AvgIpc) is 2.51. The molecule has 0 saturated carbocycles. The summed E-state index contributed by atoms with van der Waals surface area (Å²) in [5.74, 6) is 1.58. The molecule has 6 heteroatoms. The van der Waals surface area contributed by atoms with Crippen LogP contribution in [0.25, 0.3) is 0 Å². The van der Waals surface area contributed by atoms with E-state index in [0.717, 1.165) is 51.8 Å². The molecule has 0 fully saturated rings. The molecule has 0 amide bonds. The Balaban J connectivity index is 0. The summed E-state index contributed by atoms with van der Waals surface area (Å²) in [5, 5.41) is 6.64. The number of guanidine groups is 1. The zero-order chi connectivity index (χ0) is 16.6. The van der Waals surface area contributed by atoms with E-state index in [1.165, 1.54) is 19.4 Å². The third-order valence-corrected chi connectivity index (χ3v) is 3.69. The first-order valence-electron chi connectivity index (χ1n) is 8.88. The maximum absolute atomic E-state index is 5.58. The summed E-state index contributed by atoms with van der Waals surface area (Å²) in [6, 6.07) is 0. The van der Waals surface area contributed by atoms with Gasteiger partial charge in [-0.3, -0.25) is 4.99 Å². The van der Waals surface area contributed by atoms with Crippen LogP contribution in [0.2, 0.25) is 0 Å². The highest BCUT2D eigenvalue weighted by Gasteiger charge is 2.00. The molecule has 0 spiro atoms. The van der Waals surface area contributed by atoms with E-state index in [0.29, 0.717) is 5.92 Å². The predicted octanol–water partition coefficient (Wildman–Crippen LogP) is 2.95. The minimum Gasteiger partial charge on any atom is -0.380 e. The normalized spacial score (nSPS) is 11.7. The van der Waals surface area contributed by atoms with Crippen LogP contribution in [0.1, 0.15) is 47.0 Å². The lowest BCUT2D eigenvalue weighted by molar-refractivity contribution is 0.128. The molecule has 0 radical (unpaired) electrons. The van der Waals surface area contributed by atoms with Crippen molar-refractivity contribution >= 4 is 29.9 Å². The molecule has 2 N–H and O–H groups in total. The van der Waals surface area contributed by atoms with E-state index in [1.54, 1.807) is 0 Å². The standard InChI is InChI=1S/C17H38N4O.HI/c1-6-21(7-2)13-9-8-11-19-17(18-5)20-12-15-22-14-10-16(3)4;/h16H,6-15H2,1-5H3,(H2,18,19,20);1H. The van der Waals surface area contributed by atoms with Gasteiger partial charge in [0.25, 0.3) is 0 Å². The molecule has 0 unspecified atom stereocenters. The maximum atomic E-state index is 5.58. The summed E-state index contributed by atoms with van der Waals surface area (Å²) in [5.41, 5.74) is 0. The summed E-state index contributed by atoms with van der Waals surface area (Å²) in [4.78, 5) is 6.69. The summed E-state index contributed by atoms with van der Waals surface area (Å²) in [6.45, 7) is 15.7. The van der Waals surface area contributed by atoms with Gasteiger partial charge in [0.1, 0.15) is 0 Å². The molecule has 0 saturated heterocycles. The summed E-state index contributed by atoms with van der Waals surface area (Å²) >= 11 is 0. The van der Waals surface area contributed by atoms with Crippen molar-refractivity contribution in [2.45, 2.75) is 47.0 Å². The number of ether oxygens (including phenoxy) is 1. The highest BCUT2D eigenvalue weighted by atomic mass is 127. The van der Waals surface area contributed by atoms with Crippen LogP contribution in [0.3, 0.4) is 0 Å². The second-order valence-electron chi connectivity index (χ2n) is 5.95. The Morgan fingerprint density at radius 2 is 1.70 bits per heavy atom. The molecule has 0 rings (SSSR count). The minimum absolute atomic E-state index is 0. The van der Waals surface area contributed by atoms with Crippen LogP contribution in [-0.4, -0.2) is 63.8 Å². The first kappa shape index (κ1) is 25.2. The van der Waals surface area contributed by atoms with E-state index in [1.807, 2.05) is 7.05 Å². The highest BCUT2D eigenvalue weighted by Crippen LogP contribution is 1.98. The Kier molecular flexibility index (Phi) is 20.0. The summed E-state index contributed by atoms with van der Waals surface area (Å²) < 4.78 is 5.58. The first-order valence-corrected chi connectivity index (χ1v) is 8.88. The summed E-state index contributed by atoms with van der Waals surface area (Å²) in [6.07, 6.45) is 3.52. The van der Waals surface area contributed by atoms with E-state index in [-0.39, 0.29) is 24.0 Å². The van der Waals surface area contributed by atoms with Gasteiger partial charge in [-0.25, -0.2) is 0 Å². The molecule has 0 atom stereocenters. The Labute approximate surface area is 161 Å². The van der Waals surface area contributed by atoms with Crippen molar-refractivity contribution in [1.29, 1.82) is 0 Å². The Morgan fingerprint density at radius 3 is 2.26 bits per heavy atom. The van der Waals surface area contributed by atoms with E-state index in [9.17, 15) is 0 Å². The van der Waals surface area contributed by atoms with Crippen molar-refractivity contribution in [1.82, 2.24) is 15.5 Å². The van der Waals surface area contributed by atoms with E-state index >= 15 is 0 Å². The average molecular weight is 442 g/mol. The fourth-order valence-electron chi connectivity index (χ4n) is 2.09. The van der Waals surface area contributed by atoms with Gasteiger partial charge in [-0.05, 0) is 44.8 Å². The van der Waals surface area contributed by atoms with Crippen molar-refractivity contribution in [3.8, 4) is 0 Å². The number of rotatable bonds is 13. The van der Waals surface area contributed by atoms with Crippen LogP contribution in [0.15, 0.2) is 4.99 Å². The number of nitrogens with zero attached hydrogens (tertiary/aromatic N) is 2. The van der Waals surface area contributed by atoms with E-state index < -0.39 is 0 Å². The molecule has 0 heterocycles. The number of halogens is 1. The molecule has 0 aromatic carbocycles. The van der Waals surface area contributed by atoms with Crippen LogP contribution in [-0.2, 0) is 4.74 Å². The Hall–Kier alpha value is -0.0800. The largest absolute Gasteiger partial charge is 0.380 e. The number of hydrogen-bond acceptors (Lipinski definition) is 3. The van der Waals surface area contributed by atoms with Crippen molar-refractivity contribution in [3.05, 3.63) is 0 Å². The fraction of sp³-hybridized carbons (Fsp3) is 0.941. The van der Waals surface area contributed by atoms with Gasteiger partial charge in [-0.2, -0.15) is 0 Å². The fourth-order valence-corrected chi connectivity index (χ4v) is 2.09. The molecular formula is C17H39IN4O. The second kappa shape index (κ2) is 18.3. The monoisotopic (exact) mass is 442 g/mol. The van der Waals surface area contributed by atoms with Crippen LogP contribution >= 0.6 is 24.0 Å². The van der Waals surface area contributed by atoms with Gasteiger partial charge in [0, 0.05) is 26.7 Å². The van der Waals surface area contributed by atoms with Gasteiger partial charge in [0.05, 0.1) is 6.61 Å². The number of nitrogens with one attached hydrogen (secondary N) is 2. The quantitative estimate of drug-likeness (QED) is 0.199. The van der Waals surface area contributed by atoms with Gasteiger partial charge < -0.3 is 20.3 Å². The zero-order valence-corrected chi connectivity index (χ0v) is 18.2. The molecule has 0 bridgehead atoms. The predicted molar refractivity (Wildman–Crippen MR) is 112 cm³/mol. The van der Waals surface area contributed by atoms with Crippen molar-refractivity contribution < 1.29 is 4.74 Å². The number of hydrogen-bond donors (Lipinski definition) is 2. The van der Waals surface area contributed by atoms with Gasteiger partial charge in [0.15, 0.2) is 5.96 Å². The van der Waals surface area contributed by atoms with Crippen LogP contribution in [0.5, 0.6) is 0 Å². The minimum atomic E-state index is 0. The number of unbranched alkanes of at least 4 members (excludes halogenated alkanes) is 1.